The van der Waals surface area contributed by atoms with Gasteiger partial charge in [0.2, 0.25) is 5.82 Å². The lowest BCUT2D eigenvalue weighted by atomic mass is 10.1. The minimum absolute atomic E-state index is 0.0698. The Bertz CT molecular complexity index is 1180. The van der Waals surface area contributed by atoms with Gasteiger partial charge in [-0.25, -0.2) is 9.67 Å². The van der Waals surface area contributed by atoms with Crippen LogP contribution in [0.25, 0.3) is 17.1 Å². The highest BCUT2D eigenvalue weighted by molar-refractivity contribution is 6.30. The first-order chi connectivity index (χ1) is 15.1. The molecule has 1 N–H and O–H groups in total. The molecule has 7 heteroatoms. The smallest absolute Gasteiger partial charge is 0.295 e. The first-order valence-electron chi connectivity index (χ1n) is 9.85. The number of anilines is 1. The van der Waals surface area contributed by atoms with E-state index in [9.17, 15) is 4.79 Å². The number of hydrogen-bond donors (Lipinski definition) is 1. The van der Waals surface area contributed by atoms with E-state index in [4.69, 9.17) is 16.3 Å². The van der Waals surface area contributed by atoms with E-state index in [1.807, 2.05) is 60.7 Å². The van der Waals surface area contributed by atoms with Crippen LogP contribution in [0.2, 0.25) is 5.02 Å². The average Bonchev–Trinajstić information content (AvgIpc) is 3.26. The number of benzene rings is 3. The Morgan fingerprint density at radius 2 is 1.68 bits per heavy atom. The number of ether oxygens (including phenoxy) is 1. The van der Waals surface area contributed by atoms with Crippen molar-refractivity contribution in [1.82, 2.24) is 14.8 Å². The Kier molecular flexibility index (Phi) is 6.00. The second kappa shape index (κ2) is 9.02. The molecule has 4 rings (SSSR count). The zero-order valence-electron chi connectivity index (χ0n) is 17.2. The van der Waals surface area contributed by atoms with E-state index in [0.29, 0.717) is 16.5 Å². The Balaban J connectivity index is 1.70. The summed E-state index contributed by atoms with van der Waals surface area (Å²) in [5.41, 5.74) is 3.43. The summed E-state index contributed by atoms with van der Waals surface area (Å²) in [5, 5.41) is 7.96. The molecule has 0 saturated carbocycles. The van der Waals surface area contributed by atoms with E-state index in [1.165, 1.54) is 5.56 Å². The maximum absolute atomic E-state index is 12.9. The summed E-state index contributed by atoms with van der Waals surface area (Å²) >= 11 is 6.04. The first-order valence-corrected chi connectivity index (χ1v) is 10.2. The van der Waals surface area contributed by atoms with Gasteiger partial charge in [0.05, 0.1) is 12.8 Å². The highest BCUT2D eigenvalue weighted by atomic mass is 35.5. The van der Waals surface area contributed by atoms with Crippen molar-refractivity contribution < 1.29 is 9.53 Å². The number of halogens is 1. The highest BCUT2D eigenvalue weighted by Gasteiger charge is 2.19. The standard InChI is InChI=1S/C24H21ClN4O2/c1-3-16-4-10-19(11-5-16)26-24(30)22-27-23(17-6-8-18(25)9-7-17)29(28-22)20-12-14-21(31-2)15-13-20/h4-15H,3H2,1-2H3,(H,26,30). The summed E-state index contributed by atoms with van der Waals surface area (Å²) in [4.78, 5) is 17.4. The normalized spacial score (nSPS) is 10.7. The molecule has 0 aliphatic carbocycles. The zero-order chi connectivity index (χ0) is 21.8. The number of aryl methyl sites for hydroxylation is 1. The maximum Gasteiger partial charge on any atom is 0.295 e. The van der Waals surface area contributed by atoms with Gasteiger partial charge >= 0.3 is 0 Å². The van der Waals surface area contributed by atoms with Crippen LogP contribution in [0, 0.1) is 0 Å². The number of nitrogens with one attached hydrogen (secondary N) is 1. The molecule has 1 aromatic heterocycles. The van der Waals surface area contributed by atoms with Crippen molar-refractivity contribution in [2.24, 2.45) is 0 Å². The van der Waals surface area contributed by atoms with Gasteiger partial charge in [-0.05, 0) is 72.6 Å². The molecule has 0 aliphatic rings. The lowest BCUT2D eigenvalue weighted by Crippen LogP contribution is -2.14. The maximum atomic E-state index is 12.9. The van der Waals surface area contributed by atoms with Crippen LogP contribution >= 0.6 is 11.6 Å². The Labute approximate surface area is 185 Å². The molecule has 0 radical (unpaired) electrons. The fourth-order valence-electron chi connectivity index (χ4n) is 3.11. The molecule has 4 aromatic rings. The molecule has 6 nitrogen and oxygen atoms in total. The molecule has 0 atom stereocenters. The van der Waals surface area contributed by atoms with Gasteiger partial charge in [0.1, 0.15) is 5.75 Å². The molecule has 0 spiro atoms. The highest BCUT2D eigenvalue weighted by Crippen LogP contribution is 2.24. The zero-order valence-corrected chi connectivity index (χ0v) is 17.9. The summed E-state index contributed by atoms with van der Waals surface area (Å²) < 4.78 is 6.87. The number of nitrogens with zero attached hydrogens (tertiary/aromatic N) is 3. The number of carbonyl (C=O) groups excluding carboxylic acids is 1. The molecule has 0 saturated heterocycles. The van der Waals surface area contributed by atoms with Crippen LogP contribution in [0.1, 0.15) is 23.1 Å². The summed E-state index contributed by atoms with van der Waals surface area (Å²) in [6, 6.07) is 22.3. The minimum Gasteiger partial charge on any atom is -0.497 e. The van der Waals surface area contributed by atoms with Crippen molar-refractivity contribution >= 4 is 23.2 Å². The van der Waals surface area contributed by atoms with E-state index < -0.39 is 0 Å². The summed E-state index contributed by atoms with van der Waals surface area (Å²) in [6.45, 7) is 2.08. The molecule has 156 valence electrons. The predicted octanol–water partition coefficient (Wildman–Crippen LogP) is 5.41. The van der Waals surface area contributed by atoms with E-state index in [0.717, 1.165) is 23.4 Å². The van der Waals surface area contributed by atoms with Gasteiger partial charge in [-0.2, -0.15) is 0 Å². The van der Waals surface area contributed by atoms with Crippen LogP contribution in [-0.2, 0) is 6.42 Å². The largest absolute Gasteiger partial charge is 0.497 e. The van der Waals surface area contributed by atoms with Crippen molar-refractivity contribution in [2.45, 2.75) is 13.3 Å². The molecule has 0 fully saturated rings. The van der Waals surface area contributed by atoms with E-state index in [1.54, 1.807) is 23.9 Å². The Hall–Kier alpha value is -3.64. The van der Waals surface area contributed by atoms with Crippen molar-refractivity contribution in [3.8, 4) is 22.8 Å². The van der Waals surface area contributed by atoms with E-state index in [-0.39, 0.29) is 11.7 Å². The number of carbonyl (C=O) groups is 1. The van der Waals surface area contributed by atoms with Gasteiger partial charge in [-0.1, -0.05) is 30.7 Å². The molecule has 31 heavy (non-hydrogen) atoms. The second-order valence-electron chi connectivity index (χ2n) is 6.88. The molecule has 0 bridgehead atoms. The third kappa shape index (κ3) is 4.59. The quantitative estimate of drug-likeness (QED) is 0.442. The fraction of sp³-hybridized carbons (Fsp3) is 0.125. The van der Waals surface area contributed by atoms with Gasteiger partial charge in [-0.15, -0.1) is 5.10 Å². The summed E-state index contributed by atoms with van der Waals surface area (Å²) in [5.74, 6) is 0.950. The SMILES string of the molecule is CCc1ccc(NC(=O)c2nc(-c3ccc(Cl)cc3)n(-c3ccc(OC)cc3)n2)cc1. The number of methoxy groups -OCH3 is 1. The number of aromatic nitrogens is 3. The molecule has 1 heterocycles. The first kappa shape index (κ1) is 20.6. The average molecular weight is 433 g/mol. The van der Waals surface area contributed by atoms with E-state index in [2.05, 4.69) is 22.3 Å². The molecular weight excluding hydrogens is 412 g/mol. The van der Waals surface area contributed by atoms with Crippen LogP contribution in [-0.4, -0.2) is 27.8 Å². The topological polar surface area (TPSA) is 69.0 Å². The molecule has 3 aromatic carbocycles. The Morgan fingerprint density at radius 1 is 1.00 bits per heavy atom. The number of rotatable bonds is 6. The van der Waals surface area contributed by atoms with Gasteiger partial charge in [0, 0.05) is 16.3 Å². The number of amides is 1. The van der Waals surface area contributed by atoms with Gasteiger partial charge in [0.25, 0.3) is 5.91 Å². The molecule has 1 amide bonds. The summed E-state index contributed by atoms with van der Waals surface area (Å²) in [6.07, 6.45) is 0.937. The fourth-order valence-corrected chi connectivity index (χ4v) is 3.23. The van der Waals surface area contributed by atoms with Gasteiger partial charge in [0.15, 0.2) is 5.82 Å². The number of hydrogen-bond acceptors (Lipinski definition) is 4. The third-order valence-corrected chi connectivity index (χ3v) is 5.10. The lowest BCUT2D eigenvalue weighted by molar-refractivity contribution is 0.101. The van der Waals surface area contributed by atoms with Crippen LogP contribution in [0.3, 0.4) is 0 Å². The van der Waals surface area contributed by atoms with Crippen molar-refractivity contribution in [2.75, 3.05) is 12.4 Å². The van der Waals surface area contributed by atoms with Crippen LogP contribution in [0.15, 0.2) is 72.8 Å². The monoisotopic (exact) mass is 432 g/mol. The molecule has 0 aliphatic heterocycles. The summed E-state index contributed by atoms with van der Waals surface area (Å²) in [7, 11) is 1.61. The van der Waals surface area contributed by atoms with Crippen molar-refractivity contribution in [1.29, 1.82) is 0 Å². The van der Waals surface area contributed by atoms with Gasteiger partial charge < -0.3 is 10.1 Å². The second-order valence-corrected chi connectivity index (χ2v) is 7.32. The lowest BCUT2D eigenvalue weighted by Gasteiger charge is -2.07. The van der Waals surface area contributed by atoms with Crippen molar-refractivity contribution in [3.63, 3.8) is 0 Å². The van der Waals surface area contributed by atoms with Crippen LogP contribution < -0.4 is 10.1 Å². The molecule has 0 unspecified atom stereocenters. The predicted molar refractivity (Wildman–Crippen MR) is 122 cm³/mol. The molecular formula is C24H21ClN4O2. The van der Waals surface area contributed by atoms with Crippen LogP contribution in [0.4, 0.5) is 5.69 Å². The third-order valence-electron chi connectivity index (χ3n) is 4.85. The van der Waals surface area contributed by atoms with Crippen LogP contribution in [0.5, 0.6) is 5.75 Å². The minimum atomic E-state index is -0.383. The van der Waals surface area contributed by atoms with Crippen molar-refractivity contribution in [3.05, 3.63) is 89.2 Å². The Morgan fingerprint density at radius 3 is 2.29 bits per heavy atom. The van der Waals surface area contributed by atoms with E-state index >= 15 is 0 Å². The van der Waals surface area contributed by atoms with Gasteiger partial charge in [-0.3, -0.25) is 4.79 Å².